The normalized spacial score (nSPS) is 16.2. The Balaban J connectivity index is 1.55. The molecule has 0 radical (unpaired) electrons. The molecule has 2 heterocycles. The molecule has 1 aliphatic heterocycles. The first-order valence-corrected chi connectivity index (χ1v) is 8.55. The van der Waals surface area contributed by atoms with Crippen molar-refractivity contribution in [3.05, 3.63) is 70.9 Å². The van der Waals surface area contributed by atoms with Gasteiger partial charge in [0.05, 0.1) is 25.8 Å². The summed E-state index contributed by atoms with van der Waals surface area (Å²) in [6.07, 6.45) is 0.538. The number of aryl methyl sites for hydroxylation is 1. The molecule has 1 aromatic heterocycles. The van der Waals surface area contributed by atoms with E-state index in [4.69, 9.17) is 19.2 Å². The summed E-state index contributed by atoms with van der Waals surface area (Å²) in [7, 11) is 1.69. The summed E-state index contributed by atoms with van der Waals surface area (Å²) < 4.78 is 17.2. The Hall–Kier alpha value is -2.43. The molecular weight excluding hydrogens is 314 g/mol. The van der Waals surface area contributed by atoms with Gasteiger partial charge in [0.2, 0.25) is 6.29 Å². The van der Waals surface area contributed by atoms with Crippen LogP contribution in [0.2, 0.25) is 0 Å². The van der Waals surface area contributed by atoms with Gasteiger partial charge in [-0.15, -0.1) is 0 Å². The van der Waals surface area contributed by atoms with E-state index >= 15 is 0 Å². The Labute approximate surface area is 147 Å². The van der Waals surface area contributed by atoms with Crippen LogP contribution in [-0.2, 0) is 29.1 Å². The summed E-state index contributed by atoms with van der Waals surface area (Å²) in [6, 6.07) is 16.4. The van der Waals surface area contributed by atoms with E-state index in [1.807, 2.05) is 24.3 Å². The van der Waals surface area contributed by atoms with Gasteiger partial charge in [0, 0.05) is 10.9 Å². The highest BCUT2D eigenvalue weighted by atomic mass is 16.7. The van der Waals surface area contributed by atoms with E-state index in [0.29, 0.717) is 13.2 Å². The second kappa shape index (κ2) is 6.82. The second-order valence-electron chi connectivity index (χ2n) is 6.22. The van der Waals surface area contributed by atoms with E-state index in [1.54, 1.807) is 7.11 Å². The average Bonchev–Trinajstić information content (AvgIpc) is 3.06. The summed E-state index contributed by atoms with van der Waals surface area (Å²) in [5.74, 6) is 0.856. The number of aromatic nitrogens is 1. The van der Waals surface area contributed by atoms with Crippen LogP contribution in [0, 0.1) is 0 Å². The monoisotopic (exact) mass is 335 g/mol. The molecule has 4 heteroatoms. The molecule has 0 saturated heterocycles. The minimum atomic E-state index is -0.420. The van der Waals surface area contributed by atoms with Crippen molar-refractivity contribution in [2.45, 2.75) is 32.8 Å². The van der Waals surface area contributed by atoms with Crippen molar-refractivity contribution in [2.24, 2.45) is 0 Å². The van der Waals surface area contributed by atoms with Crippen molar-refractivity contribution in [3.63, 3.8) is 0 Å². The van der Waals surface area contributed by atoms with Crippen molar-refractivity contribution >= 4 is 10.9 Å². The molecule has 0 N–H and O–H groups in total. The quantitative estimate of drug-likeness (QED) is 0.686. The van der Waals surface area contributed by atoms with Gasteiger partial charge in [-0.3, -0.25) is 0 Å². The highest BCUT2D eigenvalue weighted by Gasteiger charge is 2.26. The Morgan fingerprint density at radius 3 is 2.80 bits per heavy atom. The standard InChI is InChI=1S/C21H21NO3/c1-3-14-8-15(10-18(9-14)23-2)12-24-21-20-17(13-25-21)11-16-6-4-5-7-19(16)22-20/h4-11,21H,3,12-13H2,1-2H3. The molecule has 0 spiro atoms. The van der Waals surface area contributed by atoms with Crippen molar-refractivity contribution < 1.29 is 14.2 Å². The molecule has 0 fully saturated rings. The van der Waals surface area contributed by atoms with E-state index in [-0.39, 0.29) is 0 Å². The van der Waals surface area contributed by atoms with Gasteiger partial charge in [-0.05, 0) is 41.8 Å². The molecule has 0 saturated carbocycles. The van der Waals surface area contributed by atoms with Crippen molar-refractivity contribution in [1.82, 2.24) is 4.98 Å². The van der Waals surface area contributed by atoms with Crippen molar-refractivity contribution in [2.75, 3.05) is 7.11 Å². The van der Waals surface area contributed by atoms with E-state index < -0.39 is 6.29 Å². The van der Waals surface area contributed by atoms with Gasteiger partial charge in [-0.2, -0.15) is 0 Å². The van der Waals surface area contributed by atoms with Crippen LogP contribution < -0.4 is 4.74 Å². The number of hydrogen-bond donors (Lipinski definition) is 0. The molecule has 25 heavy (non-hydrogen) atoms. The van der Waals surface area contributed by atoms with Gasteiger partial charge in [0.1, 0.15) is 11.4 Å². The first kappa shape index (κ1) is 16.1. The second-order valence-corrected chi connectivity index (χ2v) is 6.22. The fourth-order valence-corrected chi connectivity index (χ4v) is 3.17. The summed E-state index contributed by atoms with van der Waals surface area (Å²) in [5.41, 5.74) is 5.26. The topological polar surface area (TPSA) is 40.6 Å². The van der Waals surface area contributed by atoms with E-state index in [1.165, 1.54) is 5.56 Å². The van der Waals surface area contributed by atoms with Crippen LogP contribution >= 0.6 is 0 Å². The number of pyridine rings is 1. The third-order valence-electron chi connectivity index (χ3n) is 4.52. The molecule has 4 nitrogen and oxygen atoms in total. The number of methoxy groups -OCH3 is 1. The maximum atomic E-state index is 6.02. The highest BCUT2D eigenvalue weighted by Crippen LogP contribution is 2.33. The van der Waals surface area contributed by atoms with Crippen LogP contribution in [-0.4, -0.2) is 12.1 Å². The Bertz CT molecular complexity index is 885. The van der Waals surface area contributed by atoms with Crippen molar-refractivity contribution in [3.8, 4) is 5.75 Å². The number of rotatable bonds is 5. The molecule has 128 valence electrons. The maximum Gasteiger partial charge on any atom is 0.202 e. The number of nitrogens with zero attached hydrogens (tertiary/aromatic N) is 1. The minimum absolute atomic E-state index is 0.420. The first-order valence-electron chi connectivity index (χ1n) is 8.55. The number of fused-ring (bicyclic) bond motifs is 2. The minimum Gasteiger partial charge on any atom is -0.497 e. The van der Waals surface area contributed by atoms with Gasteiger partial charge < -0.3 is 14.2 Å². The van der Waals surface area contributed by atoms with E-state index in [9.17, 15) is 0 Å². The fourth-order valence-electron chi connectivity index (χ4n) is 3.17. The molecular formula is C21H21NO3. The summed E-state index contributed by atoms with van der Waals surface area (Å²) in [4.78, 5) is 4.74. The molecule has 3 aromatic rings. The number of ether oxygens (including phenoxy) is 3. The van der Waals surface area contributed by atoms with Gasteiger partial charge >= 0.3 is 0 Å². The van der Waals surface area contributed by atoms with Crippen LogP contribution in [0.5, 0.6) is 5.75 Å². The van der Waals surface area contributed by atoms with Crippen LogP contribution in [0.15, 0.2) is 48.5 Å². The lowest BCUT2D eigenvalue weighted by molar-refractivity contribution is -0.147. The Morgan fingerprint density at radius 2 is 1.96 bits per heavy atom. The molecule has 0 bridgehead atoms. The fraction of sp³-hybridized carbons (Fsp3) is 0.286. The predicted octanol–water partition coefficient (Wildman–Crippen LogP) is 4.55. The third kappa shape index (κ3) is 3.23. The molecule has 2 aromatic carbocycles. The zero-order valence-electron chi connectivity index (χ0n) is 14.5. The summed E-state index contributed by atoms with van der Waals surface area (Å²) >= 11 is 0. The third-order valence-corrected chi connectivity index (χ3v) is 4.52. The number of benzene rings is 2. The van der Waals surface area contributed by atoms with E-state index in [0.717, 1.165) is 39.9 Å². The van der Waals surface area contributed by atoms with Gasteiger partial charge in [-0.25, -0.2) is 4.98 Å². The largest absolute Gasteiger partial charge is 0.497 e. The molecule has 4 rings (SSSR count). The zero-order chi connectivity index (χ0) is 17.2. The average molecular weight is 335 g/mol. The summed E-state index contributed by atoms with van der Waals surface area (Å²) in [6.45, 7) is 3.13. The molecule has 1 unspecified atom stereocenters. The molecule has 1 atom stereocenters. The maximum absolute atomic E-state index is 6.02. The van der Waals surface area contributed by atoms with Gasteiger partial charge in [0.15, 0.2) is 0 Å². The lowest BCUT2D eigenvalue weighted by atomic mass is 10.1. The Morgan fingerprint density at radius 1 is 1.12 bits per heavy atom. The van der Waals surface area contributed by atoms with Crippen LogP contribution in [0.25, 0.3) is 10.9 Å². The first-order chi connectivity index (χ1) is 12.3. The zero-order valence-corrected chi connectivity index (χ0v) is 14.5. The van der Waals surface area contributed by atoms with Crippen LogP contribution in [0.3, 0.4) is 0 Å². The van der Waals surface area contributed by atoms with Crippen LogP contribution in [0.1, 0.15) is 35.6 Å². The summed E-state index contributed by atoms with van der Waals surface area (Å²) in [5, 5.41) is 1.13. The van der Waals surface area contributed by atoms with Gasteiger partial charge in [-0.1, -0.05) is 31.2 Å². The number of hydrogen-bond acceptors (Lipinski definition) is 4. The number of para-hydroxylation sites is 1. The Kier molecular flexibility index (Phi) is 4.38. The van der Waals surface area contributed by atoms with Crippen LogP contribution in [0.4, 0.5) is 0 Å². The molecule has 0 aliphatic carbocycles. The van der Waals surface area contributed by atoms with Crippen molar-refractivity contribution in [1.29, 1.82) is 0 Å². The highest BCUT2D eigenvalue weighted by molar-refractivity contribution is 5.79. The smallest absolute Gasteiger partial charge is 0.202 e. The lowest BCUT2D eigenvalue weighted by Gasteiger charge is -2.14. The lowest BCUT2D eigenvalue weighted by Crippen LogP contribution is -2.05. The SMILES string of the molecule is CCc1cc(COC2OCc3cc4ccccc4nc32)cc(OC)c1. The van der Waals surface area contributed by atoms with E-state index in [2.05, 4.69) is 31.2 Å². The van der Waals surface area contributed by atoms with Gasteiger partial charge in [0.25, 0.3) is 0 Å². The molecule has 0 amide bonds. The molecule has 1 aliphatic rings. The predicted molar refractivity (Wildman–Crippen MR) is 96.4 cm³/mol.